The van der Waals surface area contributed by atoms with Gasteiger partial charge in [-0.1, -0.05) is 12.1 Å². The predicted octanol–water partition coefficient (Wildman–Crippen LogP) is 3.76. The molecule has 0 aromatic heterocycles. The Morgan fingerprint density at radius 2 is 1.69 bits per heavy atom. The van der Waals surface area contributed by atoms with Gasteiger partial charge in [-0.25, -0.2) is 4.79 Å². The van der Waals surface area contributed by atoms with E-state index in [2.05, 4.69) is 26.6 Å². The van der Waals surface area contributed by atoms with Crippen LogP contribution in [-0.2, 0) is 14.4 Å². The summed E-state index contributed by atoms with van der Waals surface area (Å²) in [5, 5.41) is 13.8. The highest BCUT2D eigenvalue weighted by atomic mass is 79.9. The number of halogens is 1. The lowest BCUT2D eigenvalue weighted by molar-refractivity contribution is -0.131. The summed E-state index contributed by atoms with van der Waals surface area (Å²) in [4.78, 5) is 34.7. The largest absolute Gasteiger partial charge is 0.478 e. The number of hydrogen-bond acceptors (Lipinski definition) is 4. The van der Waals surface area contributed by atoms with E-state index in [4.69, 9.17) is 5.11 Å². The van der Waals surface area contributed by atoms with E-state index in [-0.39, 0.29) is 11.7 Å². The van der Waals surface area contributed by atoms with E-state index in [1.807, 2.05) is 24.3 Å². The van der Waals surface area contributed by atoms with Crippen LogP contribution in [0.15, 0.2) is 70.1 Å². The van der Waals surface area contributed by atoms with Crippen LogP contribution in [0.5, 0.6) is 0 Å². The SMILES string of the molecule is O=C(O)/C=C/C(=O)Nc1ccc(SCC(=O)Nc2ccccc2Br)cc1. The molecule has 0 fully saturated rings. The van der Waals surface area contributed by atoms with Crippen molar-refractivity contribution in [1.82, 2.24) is 0 Å². The Balaban J connectivity index is 1.83. The third kappa shape index (κ3) is 6.73. The maximum Gasteiger partial charge on any atom is 0.328 e. The lowest BCUT2D eigenvalue weighted by atomic mass is 10.3. The summed E-state index contributed by atoms with van der Waals surface area (Å²) in [5.74, 6) is -1.60. The molecule has 0 radical (unpaired) electrons. The summed E-state index contributed by atoms with van der Waals surface area (Å²) in [6.45, 7) is 0. The molecule has 0 heterocycles. The molecule has 0 atom stereocenters. The number of benzene rings is 2. The zero-order valence-corrected chi connectivity index (χ0v) is 15.8. The zero-order valence-electron chi connectivity index (χ0n) is 13.4. The van der Waals surface area contributed by atoms with Gasteiger partial charge in [-0.15, -0.1) is 11.8 Å². The fourth-order valence-corrected chi connectivity index (χ4v) is 2.95. The molecule has 8 heteroatoms. The first-order chi connectivity index (χ1) is 12.4. The number of carbonyl (C=O) groups is 3. The fourth-order valence-electron chi connectivity index (χ4n) is 1.86. The van der Waals surface area contributed by atoms with Crippen LogP contribution in [0.3, 0.4) is 0 Å². The van der Waals surface area contributed by atoms with E-state index < -0.39 is 11.9 Å². The summed E-state index contributed by atoms with van der Waals surface area (Å²) in [6, 6.07) is 14.3. The molecule has 0 aliphatic heterocycles. The molecule has 0 spiro atoms. The van der Waals surface area contributed by atoms with Crippen molar-refractivity contribution < 1.29 is 19.5 Å². The van der Waals surface area contributed by atoms with Crippen molar-refractivity contribution in [3.8, 4) is 0 Å². The van der Waals surface area contributed by atoms with Crippen molar-refractivity contribution in [2.24, 2.45) is 0 Å². The fraction of sp³-hybridized carbons (Fsp3) is 0.0556. The van der Waals surface area contributed by atoms with E-state index in [1.165, 1.54) is 11.8 Å². The van der Waals surface area contributed by atoms with Gasteiger partial charge in [0.2, 0.25) is 11.8 Å². The molecule has 0 aliphatic carbocycles. The minimum absolute atomic E-state index is 0.127. The predicted molar refractivity (Wildman–Crippen MR) is 105 cm³/mol. The highest BCUT2D eigenvalue weighted by Crippen LogP contribution is 2.23. The molecule has 2 amide bonds. The lowest BCUT2D eigenvalue weighted by Gasteiger charge is -2.07. The van der Waals surface area contributed by atoms with Crippen LogP contribution in [0.25, 0.3) is 0 Å². The Bertz CT molecular complexity index is 837. The van der Waals surface area contributed by atoms with Crippen LogP contribution >= 0.6 is 27.7 Å². The third-order valence-corrected chi connectivity index (χ3v) is 4.72. The van der Waals surface area contributed by atoms with E-state index >= 15 is 0 Å². The van der Waals surface area contributed by atoms with Gasteiger partial charge in [0.05, 0.1) is 11.4 Å². The Hall–Kier alpha value is -2.58. The minimum Gasteiger partial charge on any atom is -0.478 e. The molecular weight excluding hydrogens is 420 g/mol. The second kappa shape index (κ2) is 9.79. The quantitative estimate of drug-likeness (QED) is 0.455. The average Bonchev–Trinajstić information content (AvgIpc) is 2.61. The number of aliphatic carboxylic acids is 1. The molecule has 6 nitrogen and oxygen atoms in total. The maximum atomic E-state index is 12.0. The van der Waals surface area contributed by atoms with Gasteiger partial charge in [0.15, 0.2) is 0 Å². The van der Waals surface area contributed by atoms with Gasteiger partial charge >= 0.3 is 5.97 Å². The number of nitrogens with one attached hydrogen (secondary N) is 2. The van der Waals surface area contributed by atoms with Gasteiger partial charge in [-0.2, -0.15) is 0 Å². The molecule has 134 valence electrons. The molecule has 0 aliphatic rings. The van der Waals surface area contributed by atoms with E-state index in [9.17, 15) is 14.4 Å². The number of amides is 2. The maximum absolute atomic E-state index is 12.0. The van der Waals surface area contributed by atoms with Crippen LogP contribution in [0, 0.1) is 0 Å². The van der Waals surface area contributed by atoms with Gasteiger partial charge in [0.25, 0.3) is 0 Å². The summed E-state index contributed by atoms with van der Waals surface area (Å²) >= 11 is 4.74. The number of hydrogen-bond donors (Lipinski definition) is 3. The van der Waals surface area contributed by atoms with Crippen molar-refractivity contribution in [2.45, 2.75) is 4.90 Å². The molecule has 26 heavy (non-hydrogen) atoms. The summed E-state index contributed by atoms with van der Waals surface area (Å²) < 4.78 is 0.815. The summed E-state index contributed by atoms with van der Waals surface area (Å²) in [6.07, 6.45) is 1.71. The molecule has 0 saturated heterocycles. The van der Waals surface area contributed by atoms with Gasteiger partial charge < -0.3 is 15.7 Å². The Labute approximate surface area is 162 Å². The lowest BCUT2D eigenvalue weighted by Crippen LogP contribution is -2.14. The second-order valence-electron chi connectivity index (χ2n) is 5.00. The van der Waals surface area contributed by atoms with Crippen LogP contribution < -0.4 is 10.6 Å². The monoisotopic (exact) mass is 434 g/mol. The molecule has 0 unspecified atom stereocenters. The number of thioether (sulfide) groups is 1. The zero-order chi connectivity index (χ0) is 18.9. The smallest absolute Gasteiger partial charge is 0.328 e. The molecule has 3 N–H and O–H groups in total. The van der Waals surface area contributed by atoms with E-state index in [1.54, 1.807) is 24.3 Å². The summed E-state index contributed by atoms with van der Waals surface area (Å²) in [5.41, 5.74) is 1.25. The van der Waals surface area contributed by atoms with E-state index in [0.29, 0.717) is 11.4 Å². The number of carboxylic acid groups (broad SMARTS) is 1. The Kier molecular flexibility index (Phi) is 7.43. The van der Waals surface area contributed by atoms with Gasteiger partial charge in [0, 0.05) is 27.2 Å². The van der Waals surface area contributed by atoms with Gasteiger partial charge in [0.1, 0.15) is 0 Å². The highest BCUT2D eigenvalue weighted by Gasteiger charge is 2.06. The van der Waals surface area contributed by atoms with Gasteiger partial charge in [-0.05, 0) is 52.3 Å². The number of carboxylic acids is 1. The third-order valence-electron chi connectivity index (χ3n) is 3.02. The first-order valence-corrected chi connectivity index (χ1v) is 9.21. The van der Waals surface area contributed by atoms with E-state index in [0.717, 1.165) is 21.5 Å². The number of rotatable bonds is 7. The van der Waals surface area contributed by atoms with Crippen molar-refractivity contribution >= 4 is 56.9 Å². The second-order valence-corrected chi connectivity index (χ2v) is 6.90. The number of anilines is 2. The number of carbonyl (C=O) groups excluding carboxylic acids is 2. The Morgan fingerprint density at radius 3 is 2.35 bits per heavy atom. The average molecular weight is 435 g/mol. The van der Waals surface area contributed by atoms with Crippen LogP contribution in [0.4, 0.5) is 11.4 Å². The van der Waals surface area contributed by atoms with Crippen LogP contribution in [-0.4, -0.2) is 28.6 Å². The first kappa shape index (κ1) is 19.7. The summed E-state index contributed by atoms with van der Waals surface area (Å²) in [7, 11) is 0. The standard InChI is InChI=1S/C18H15BrN2O4S/c19-14-3-1-2-4-15(14)21-17(23)11-26-13-7-5-12(6-8-13)20-16(22)9-10-18(24)25/h1-10H,11H2,(H,20,22)(H,21,23)(H,24,25)/b10-9+. The molecule has 2 aromatic rings. The molecule has 2 rings (SSSR count). The number of para-hydroxylation sites is 1. The molecular formula is C18H15BrN2O4S. The first-order valence-electron chi connectivity index (χ1n) is 7.43. The highest BCUT2D eigenvalue weighted by molar-refractivity contribution is 9.10. The topological polar surface area (TPSA) is 95.5 Å². The van der Waals surface area contributed by atoms with Crippen LogP contribution in [0.1, 0.15) is 0 Å². The molecule has 2 aromatic carbocycles. The van der Waals surface area contributed by atoms with Crippen LogP contribution in [0.2, 0.25) is 0 Å². The normalized spacial score (nSPS) is 10.5. The molecule has 0 bridgehead atoms. The Morgan fingerprint density at radius 1 is 1.00 bits per heavy atom. The van der Waals surface area contributed by atoms with Gasteiger partial charge in [-0.3, -0.25) is 9.59 Å². The molecule has 0 saturated carbocycles. The van der Waals surface area contributed by atoms with Crippen molar-refractivity contribution in [1.29, 1.82) is 0 Å². The van der Waals surface area contributed by atoms with Crippen molar-refractivity contribution in [3.05, 3.63) is 65.2 Å². The minimum atomic E-state index is -1.19. The van der Waals surface area contributed by atoms with Crippen molar-refractivity contribution in [3.63, 3.8) is 0 Å². The van der Waals surface area contributed by atoms with Crippen molar-refractivity contribution in [2.75, 3.05) is 16.4 Å².